The molecule has 2 N–H and O–H groups in total. The van der Waals surface area contributed by atoms with Crippen LogP contribution in [0.1, 0.15) is 31.7 Å². The molecule has 1 aliphatic heterocycles. The van der Waals surface area contributed by atoms with Crippen molar-refractivity contribution in [2.45, 2.75) is 49.7 Å². The molecule has 1 aromatic carbocycles. The Bertz CT molecular complexity index is 634. The van der Waals surface area contributed by atoms with Crippen molar-refractivity contribution in [3.8, 4) is 0 Å². The molecule has 3 nitrogen and oxygen atoms in total. The molecule has 5 heteroatoms. The lowest BCUT2D eigenvalue weighted by Gasteiger charge is -2.41. The maximum absolute atomic E-state index is 5.75. The van der Waals surface area contributed by atoms with Gasteiger partial charge >= 0.3 is 0 Å². The molecule has 0 spiro atoms. The zero-order valence-corrected chi connectivity index (χ0v) is 17.6. The highest BCUT2D eigenvalue weighted by atomic mass is 32.2. The fourth-order valence-electron chi connectivity index (χ4n) is 3.85. The second-order valence-corrected chi connectivity index (χ2v) is 8.81. The van der Waals surface area contributed by atoms with Gasteiger partial charge in [-0.25, -0.2) is 0 Å². The Balaban J connectivity index is 1.71. The summed E-state index contributed by atoms with van der Waals surface area (Å²) in [5.41, 5.74) is 8.52. The van der Waals surface area contributed by atoms with E-state index < -0.39 is 0 Å². The number of thioether (sulfide) groups is 1. The lowest BCUT2D eigenvalue weighted by Crippen LogP contribution is -2.47. The van der Waals surface area contributed by atoms with Crippen LogP contribution in [0.25, 0.3) is 0 Å². The van der Waals surface area contributed by atoms with Crippen LogP contribution in [-0.4, -0.2) is 42.9 Å². The number of nitrogens with two attached hydrogens (primary N) is 1. The molecule has 0 aliphatic carbocycles. The molecule has 1 atom stereocenters. The number of piperidine rings is 1. The Kier molecular flexibility index (Phi) is 7.43. The smallest absolute Gasteiger partial charge is 0.0440 e. The lowest BCUT2D eigenvalue weighted by atomic mass is 9.99. The minimum absolute atomic E-state index is 0.604. The van der Waals surface area contributed by atoms with Crippen LogP contribution >= 0.6 is 23.1 Å². The summed E-state index contributed by atoms with van der Waals surface area (Å²) >= 11 is 3.59. The molecule has 142 valence electrons. The summed E-state index contributed by atoms with van der Waals surface area (Å²) in [5, 5.41) is 4.46. The van der Waals surface area contributed by atoms with Crippen molar-refractivity contribution in [3.05, 3.63) is 46.7 Å². The van der Waals surface area contributed by atoms with Gasteiger partial charge in [0.2, 0.25) is 0 Å². The summed E-state index contributed by atoms with van der Waals surface area (Å²) in [6.07, 6.45) is 5.68. The Hall–Kier alpha value is -1.01. The first-order chi connectivity index (χ1) is 12.7. The van der Waals surface area contributed by atoms with Gasteiger partial charge in [0.1, 0.15) is 0 Å². The predicted octanol–water partition coefficient (Wildman–Crippen LogP) is 4.68. The van der Waals surface area contributed by atoms with Crippen LogP contribution in [0.15, 0.2) is 46.0 Å². The average Bonchev–Trinajstić information content (AvgIpc) is 3.20. The molecule has 3 rings (SSSR count). The highest BCUT2D eigenvalue weighted by Crippen LogP contribution is 2.29. The second-order valence-electron chi connectivity index (χ2n) is 7.15. The number of likely N-dealkylation sites (tertiary alicyclic amines) is 1. The number of rotatable bonds is 8. The van der Waals surface area contributed by atoms with Gasteiger partial charge in [-0.1, -0.05) is 0 Å². The monoisotopic (exact) mass is 389 g/mol. The highest BCUT2D eigenvalue weighted by Gasteiger charge is 2.27. The normalized spacial score (nSPS) is 17.3. The standard InChI is InChI=1S/C21H31N3S2/c1-17(7-11-22)23-12-8-20(9-13-23)24(15-18-10-14-26-16-18)19-3-5-21(25-2)6-4-19/h3-6,10,14,16-17,20H,7-9,11-13,15,22H2,1-2H3/t17-/m1/s1. The summed E-state index contributed by atoms with van der Waals surface area (Å²) in [4.78, 5) is 6.56. The first kappa shape index (κ1) is 19.7. The first-order valence-electron chi connectivity index (χ1n) is 9.57. The molecule has 2 heterocycles. The quantitative estimate of drug-likeness (QED) is 0.665. The summed E-state index contributed by atoms with van der Waals surface area (Å²) in [5.74, 6) is 0. The largest absolute Gasteiger partial charge is 0.364 e. The van der Waals surface area contributed by atoms with E-state index in [1.165, 1.54) is 42.1 Å². The van der Waals surface area contributed by atoms with E-state index in [9.17, 15) is 0 Å². The molecule has 1 fully saturated rings. The molecule has 0 unspecified atom stereocenters. The van der Waals surface area contributed by atoms with Crippen LogP contribution in [0.5, 0.6) is 0 Å². The third-order valence-corrected chi connectivity index (χ3v) is 6.96. The van der Waals surface area contributed by atoms with Crippen LogP contribution in [0.3, 0.4) is 0 Å². The molecule has 0 radical (unpaired) electrons. The summed E-state index contributed by atoms with van der Waals surface area (Å²) in [7, 11) is 0. The Morgan fingerprint density at radius 3 is 2.54 bits per heavy atom. The highest BCUT2D eigenvalue weighted by molar-refractivity contribution is 7.98. The van der Waals surface area contributed by atoms with Crippen LogP contribution in [0.2, 0.25) is 0 Å². The van der Waals surface area contributed by atoms with E-state index >= 15 is 0 Å². The van der Waals surface area contributed by atoms with E-state index in [0.717, 1.165) is 19.5 Å². The summed E-state index contributed by atoms with van der Waals surface area (Å²) in [6.45, 7) is 6.46. The van der Waals surface area contributed by atoms with Crippen molar-refractivity contribution in [2.24, 2.45) is 5.73 Å². The molecule has 0 amide bonds. The fraction of sp³-hybridized carbons (Fsp3) is 0.524. The number of hydrogen-bond acceptors (Lipinski definition) is 5. The molecular formula is C21H31N3S2. The van der Waals surface area contributed by atoms with Crippen molar-refractivity contribution >= 4 is 28.8 Å². The zero-order valence-electron chi connectivity index (χ0n) is 15.9. The third kappa shape index (κ3) is 5.03. The fourth-order valence-corrected chi connectivity index (χ4v) is 4.91. The average molecular weight is 390 g/mol. The lowest BCUT2D eigenvalue weighted by molar-refractivity contribution is 0.154. The molecule has 1 saturated heterocycles. The van der Waals surface area contributed by atoms with Gasteiger partial charge in [-0.15, -0.1) is 11.8 Å². The SMILES string of the molecule is CSc1ccc(N(Cc2ccsc2)C2CCN([C@H](C)CCN)CC2)cc1. The topological polar surface area (TPSA) is 32.5 Å². The number of anilines is 1. The van der Waals surface area contributed by atoms with Gasteiger partial charge in [0.25, 0.3) is 0 Å². The molecular weight excluding hydrogens is 358 g/mol. The molecule has 26 heavy (non-hydrogen) atoms. The van der Waals surface area contributed by atoms with Gasteiger partial charge < -0.3 is 15.5 Å². The number of nitrogens with zero attached hydrogens (tertiary/aromatic N) is 2. The molecule has 2 aromatic rings. The number of benzene rings is 1. The van der Waals surface area contributed by atoms with Crippen LogP contribution in [-0.2, 0) is 6.54 Å². The summed E-state index contributed by atoms with van der Waals surface area (Å²) in [6, 6.07) is 12.6. The molecule has 0 saturated carbocycles. The van der Waals surface area contributed by atoms with E-state index in [-0.39, 0.29) is 0 Å². The van der Waals surface area contributed by atoms with E-state index in [2.05, 4.69) is 64.1 Å². The third-order valence-electron chi connectivity index (χ3n) is 5.48. The summed E-state index contributed by atoms with van der Waals surface area (Å²) < 4.78 is 0. The van der Waals surface area contributed by atoms with Crippen LogP contribution in [0, 0.1) is 0 Å². The molecule has 1 aliphatic rings. The van der Waals surface area contributed by atoms with Gasteiger partial charge in [0, 0.05) is 42.3 Å². The van der Waals surface area contributed by atoms with Crippen LogP contribution in [0.4, 0.5) is 5.69 Å². The van der Waals surface area contributed by atoms with Gasteiger partial charge in [-0.05, 0) is 85.6 Å². The van der Waals surface area contributed by atoms with Gasteiger partial charge in [-0.3, -0.25) is 0 Å². The zero-order chi connectivity index (χ0) is 18.4. The van der Waals surface area contributed by atoms with Crippen LogP contribution < -0.4 is 10.6 Å². The van der Waals surface area contributed by atoms with E-state index in [1.807, 2.05) is 0 Å². The van der Waals surface area contributed by atoms with Gasteiger partial charge in [-0.2, -0.15) is 11.3 Å². The molecule has 1 aromatic heterocycles. The number of hydrogen-bond donors (Lipinski definition) is 1. The Morgan fingerprint density at radius 2 is 1.96 bits per heavy atom. The first-order valence-corrected chi connectivity index (χ1v) is 11.7. The minimum atomic E-state index is 0.604. The van der Waals surface area contributed by atoms with E-state index in [4.69, 9.17) is 5.73 Å². The van der Waals surface area contributed by atoms with Crippen molar-refractivity contribution in [1.29, 1.82) is 0 Å². The maximum Gasteiger partial charge on any atom is 0.0440 e. The van der Waals surface area contributed by atoms with Gasteiger partial charge in [0.15, 0.2) is 0 Å². The van der Waals surface area contributed by atoms with Crippen molar-refractivity contribution < 1.29 is 0 Å². The molecule has 0 bridgehead atoms. The predicted molar refractivity (Wildman–Crippen MR) is 116 cm³/mol. The maximum atomic E-state index is 5.75. The van der Waals surface area contributed by atoms with E-state index in [0.29, 0.717) is 12.1 Å². The van der Waals surface area contributed by atoms with Crippen molar-refractivity contribution in [3.63, 3.8) is 0 Å². The second kappa shape index (κ2) is 9.79. The van der Waals surface area contributed by atoms with E-state index in [1.54, 1.807) is 23.1 Å². The minimum Gasteiger partial charge on any atom is -0.364 e. The Morgan fingerprint density at radius 1 is 1.23 bits per heavy atom. The van der Waals surface area contributed by atoms with Crippen molar-refractivity contribution in [2.75, 3.05) is 30.8 Å². The number of thiophene rings is 1. The van der Waals surface area contributed by atoms with Crippen molar-refractivity contribution in [1.82, 2.24) is 4.90 Å². The van der Waals surface area contributed by atoms with Gasteiger partial charge in [0.05, 0.1) is 0 Å². The Labute approximate surface area is 166 Å².